The molecule has 0 amide bonds. The fourth-order valence-electron chi connectivity index (χ4n) is 1.78. The summed E-state index contributed by atoms with van der Waals surface area (Å²) in [5.41, 5.74) is 16.9. The number of azide groups is 2. The van der Waals surface area contributed by atoms with Crippen molar-refractivity contribution in [3.8, 4) is 0 Å². The predicted molar refractivity (Wildman–Crippen MR) is 64.8 cm³/mol. The van der Waals surface area contributed by atoms with Gasteiger partial charge in [0, 0.05) is 35.0 Å². The molecule has 0 bridgehead atoms. The van der Waals surface area contributed by atoms with Gasteiger partial charge in [0.15, 0.2) is 0 Å². The summed E-state index contributed by atoms with van der Waals surface area (Å²) in [7, 11) is 3.13. The Balaban J connectivity index is 2.79. The minimum atomic E-state index is -0.297. The van der Waals surface area contributed by atoms with E-state index in [0.717, 1.165) is 5.75 Å². The second kappa shape index (κ2) is 7.26. The van der Waals surface area contributed by atoms with Crippen LogP contribution < -0.4 is 0 Å². The molecule has 1 heterocycles. The van der Waals surface area contributed by atoms with Gasteiger partial charge >= 0.3 is 0 Å². The number of rotatable bonds is 6. The van der Waals surface area contributed by atoms with Crippen molar-refractivity contribution in [2.45, 2.75) is 23.5 Å². The van der Waals surface area contributed by atoms with Crippen molar-refractivity contribution in [3.05, 3.63) is 20.9 Å². The minimum Gasteiger partial charge on any atom is -0.380 e. The molecule has 1 fully saturated rings. The summed E-state index contributed by atoms with van der Waals surface area (Å²) in [6.45, 7) is 0.221. The number of thioether (sulfide) groups is 1. The lowest BCUT2D eigenvalue weighted by Gasteiger charge is -2.24. The van der Waals surface area contributed by atoms with Gasteiger partial charge in [0.05, 0.1) is 24.8 Å². The van der Waals surface area contributed by atoms with Crippen LogP contribution >= 0.6 is 11.8 Å². The Morgan fingerprint density at radius 1 is 1.41 bits per heavy atom. The lowest BCUT2D eigenvalue weighted by atomic mass is 10.1. The maximum atomic E-state index is 8.56. The Morgan fingerprint density at radius 2 is 2.18 bits per heavy atom. The van der Waals surface area contributed by atoms with Crippen LogP contribution in [-0.2, 0) is 9.47 Å². The molecule has 0 unspecified atom stereocenters. The van der Waals surface area contributed by atoms with Gasteiger partial charge in [-0.05, 0) is 11.1 Å². The maximum absolute atomic E-state index is 8.56. The van der Waals surface area contributed by atoms with Gasteiger partial charge in [0.25, 0.3) is 0 Å². The second-order valence-electron chi connectivity index (χ2n) is 3.46. The van der Waals surface area contributed by atoms with Crippen LogP contribution in [0.5, 0.6) is 0 Å². The van der Waals surface area contributed by atoms with E-state index in [-0.39, 0.29) is 30.0 Å². The molecule has 94 valence electrons. The van der Waals surface area contributed by atoms with Gasteiger partial charge in [0.2, 0.25) is 0 Å². The van der Waals surface area contributed by atoms with Crippen molar-refractivity contribution in [1.29, 1.82) is 0 Å². The molecule has 1 aliphatic heterocycles. The molecule has 0 N–H and O–H groups in total. The first-order valence-electron chi connectivity index (χ1n) is 5.00. The van der Waals surface area contributed by atoms with Crippen LogP contribution in [0.1, 0.15) is 0 Å². The fraction of sp³-hybridized carbons (Fsp3) is 1.00. The van der Waals surface area contributed by atoms with Crippen LogP contribution in [0.3, 0.4) is 0 Å². The van der Waals surface area contributed by atoms with E-state index in [4.69, 9.17) is 20.5 Å². The smallest absolute Gasteiger partial charge is 0.0787 e. The average molecular weight is 258 g/mol. The van der Waals surface area contributed by atoms with E-state index in [1.807, 2.05) is 0 Å². The van der Waals surface area contributed by atoms with Crippen molar-refractivity contribution in [2.75, 3.05) is 26.5 Å². The van der Waals surface area contributed by atoms with Crippen molar-refractivity contribution in [2.24, 2.45) is 10.2 Å². The highest BCUT2D eigenvalue weighted by Crippen LogP contribution is 2.34. The van der Waals surface area contributed by atoms with E-state index in [0.29, 0.717) is 0 Å². The second-order valence-corrected chi connectivity index (χ2v) is 4.67. The van der Waals surface area contributed by atoms with Crippen molar-refractivity contribution in [1.82, 2.24) is 0 Å². The van der Waals surface area contributed by atoms with E-state index in [2.05, 4.69) is 20.1 Å². The molecule has 0 aliphatic carbocycles. The van der Waals surface area contributed by atoms with Crippen LogP contribution in [0.25, 0.3) is 20.9 Å². The summed E-state index contributed by atoms with van der Waals surface area (Å²) in [6, 6.07) is -0.297. The van der Waals surface area contributed by atoms with Gasteiger partial charge in [-0.1, -0.05) is 10.2 Å². The van der Waals surface area contributed by atoms with Crippen LogP contribution in [0.4, 0.5) is 0 Å². The van der Waals surface area contributed by atoms with Gasteiger partial charge in [-0.2, -0.15) is 11.8 Å². The average Bonchev–Trinajstić information content (AvgIpc) is 2.74. The van der Waals surface area contributed by atoms with Crippen LogP contribution in [-0.4, -0.2) is 50.0 Å². The van der Waals surface area contributed by atoms with Gasteiger partial charge in [0.1, 0.15) is 0 Å². The summed E-state index contributed by atoms with van der Waals surface area (Å²) in [4.78, 5) is 5.54. The number of hydrogen-bond acceptors (Lipinski definition) is 5. The lowest BCUT2D eigenvalue weighted by Crippen LogP contribution is -2.38. The van der Waals surface area contributed by atoms with E-state index < -0.39 is 0 Å². The first kappa shape index (κ1) is 14.0. The molecule has 0 spiro atoms. The molecule has 0 saturated carbocycles. The molecule has 17 heavy (non-hydrogen) atoms. The third kappa shape index (κ3) is 3.42. The van der Waals surface area contributed by atoms with E-state index >= 15 is 0 Å². The van der Waals surface area contributed by atoms with Crippen molar-refractivity contribution in [3.63, 3.8) is 0 Å². The monoisotopic (exact) mass is 258 g/mol. The normalized spacial score (nSPS) is 29.2. The molecule has 0 aromatic rings. The Hall–Kier alpha value is -1.11. The van der Waals surface area contributed by atoms with E-state index in [1.54, 1.807) is 26.0 Å². The highest BCUT2D eigenvalue weighted by molar-refractivity contribution is 8.00. The summed E-state index contributed by atoms with van der Waals surface area (Å²) in [5.74, 6) is 0.737. The third-order valence-electron chi connectivity index (χ3n) is 2.65. The van der Waals surface area contributed by atoms with Gasteiger partial charge in [-0.3, -0.25) is 0 Å². The van der Waals surface area contributed by atoms with Crippen LogP contribution in [0.15, 0.2) is 10.2 Å². The molecule has 0 aromatic heterocycles. The fourth-order valence-corrected chi connectivity index (χ4v) is 3.36. The largest absolute Gasteiger partial charge is 0.380 e. The summed E-state index contributed by atoms with van der Waals surface area (Å²) >= 11 is 1.61. The molecule has 0 radical (unpaired) electrons. The molecule has 0 aromatic carbocycles. The van der Waals surface area contributed by atoms with Gasteiger partial charge in [-0.25, -0.2) is 0 Å². The summed E-state index contributed by atoms with van der Waals surface area (Å²) < 4.78 is 10.5. The molecular weight excluding hydrogens is 244 g/mol. The first-order valence-corrected chi connectivity index (χ1v) is 6.05. The number of nitrogens with zero attached hydrogens (tertiary/aromatic N) is 6. The van der Waals surface area contributed by atoms with Crippen LogP contribution in [0, 0.1) is 0 Å². The van der Waals surface area contributed by atoms with E-state index in [9.17, 15) is 0 Å². The number of ether oxygens (including phenoxy) is 2. The number of hydrogen-bond donors (Lipinski definition) is 0. The summed E-state index contributed by atoms with van der Waals surface area (Å²) in [5, 5.41) is 7.20. The highest BCUT2D eigenvalue weighted by Gasteiger charge is 2.40. The topological polar surface area (TPSA) is 116 Å². The Kier molecular flexibility index (Phi) is 5.96. The quantitative estimate of drug-likeness (QED) is 0.412. The molecular formula is C8H14N6O2S. The highest BCUT2D eigenvalue weighted by atomic mass is 32.2. The molecule has 1 saturated heterocycles. The zero-order chi connectivity index (χ0) is 12.7. The SMILES string of the molecule is CO[C@H]1CS[C@@H]([C@@H](CN=[N+]=[N-])OC)[C@H]1N=[N+]=[N-]. The van der Waals surface area contributed by atoms with Crippen LogP contribution in [0.2, 0.25) is 0 Å². The Bertz CT molecular complexity index is 341. The zero-order valence-electron chi connectivity index (χ0n) is 9.63. The molecule has 4 atom stereocenters. The standard InChI is InChI=1S/C8H14N6O2S/c1-15-5(3-11-13-9)8-7(12-14-10)6(16-2)4-17-8/h5-8H,3-4H2,1-2H3/t5-,6+,7+,8+/m1/s1. The summed E-state index contributed by atoms with van der Waals surface area (Å²) in [6.07, 6.45) is -0.392. The van der Waals surface area contributed by atoms with Crippen molar-refractivity contribution < 1.29 is 9.47 Å². The van der Waals surface area contributed by atoms with Gasteiger partial charge in [-0.15, -0.1) is 0 Å². The third-order valence-corrected chi connectivity index (χ3v) is 4.14. The predicted octanol–water partition coefficient (Wildman–Crippen LogP) is 2.12. The Morgan fingerprint density at radius 3 is 2.71 bits per heavy atom. The maximum Gasteiger partial charge on any atom is 0.0787 e. The lowest BCUT2D eigenvalue weighted by molar-refractivity contribution is 0.0668. The minimum absolute atomic E-state index is 0.0497. The number of methoxy groups -OCH3 is 2. The Labute approximate surface area is 103 Å². The first-order chi connectivity index (χ1) is 8.28. The van der Waals surface area contributed by atoms with Crippen molar-refractivity contribution >= 4 is 11.8 Å². The molecule has 1 aliphatic rings. The van der Waals surface area contributed by atoms with E-state index in [1.165, 1.54) is 0 Å². The molecule has 8 nitrogen and oxygen atoms in total. The molecule has 1 rings (SSSR count). The van der Waals surface area contributed by atoms with Gasteiger partial charge < -0.3 is 9.47 Å². The molecule has 9 heteroatoms. The zero-order valence-corrected chi connectivity index (χ0v) is 10.4.